The summed E-state index contributed by atoms with van der Waals surface area (Å²) in [5.74, 6) is -0.302. The number of thioether (sulfide) groups is 2. The highest BCUT2D eigenvalue weighted by molar-refractivity contribution is 8.19. The molecule has 0 saturated carbocycles. The number of ether oxygens (including phenoxy) is 1. The fourth-order valence-corrected chi connectivity index (χ4v) is 6.00. The van der Waals surface area contributed by atoms with Gasteiger partial charge in [-0.1, -0.05) is 41.4 Å². The zero-order valence-corrected chi connectivity index (χ0v) is 19.0. The van der Waals surface area contributed by atoms with E-state index in [-0.39, 0.29) is 16.6 Å². The summed E-state index contributed by atoms with van der Waals surface area (Å²) in [7, 11) is 0. The molecule has 3 atom stereocenters. The minimum atomic E-state index is -0.897. The highest BCUT2D eigenvalue weighted by Gasteiger charge is 2.25. The minimum absolute atomic E-state index is 0.0407. The summed E-state index contributed by atoms with van der Waals surface area (Å²) in [6, 6.07) is 0. The Morgan fingerprint density at radius 2 is 2.14 bits per heavy atom. The molecule has 2 heterocycles. The average Bonchev–Trinajstić information content (AvgIpc) is 3.17. The lowest BCUT2D eigenvalue weighted by Gasteiger charge is -2.35. The summed E-state index contributed by atoms with van der Waals surface area (Å²) >= 11 is 14.9. The van der Waals surface area contributed by atoms with Crippen molar-refractivity contribution in [2.75, 3.05) is 38.5 Å². The van der Waals surface area contributed by atoms with Gasteiger partial charge in [0, 0.05) is 26.2 Å². The molecule has 1 aliphatic carbocycles. The van der Waals surface area contributed by atoms with Crippen LogP contribution < -0.4 is 5.32 Å². The van der Waals surface area contributed by atoms with Crippen LogP contribution in [0.15, 0.2) is 33.2 Å². The number of rotatable bonds is 8. The number of amides is 1. The molecule has 3 aliphatic rings. The highest BCUT2D eigenvalue weighted by Crippen LogP contribution is 2.39. The van der Waals surface area contributed by atoms with Gasteiger partial charge in [0.15, 0.2) is 0 Å². The minimum Gasteiger partial charge on any atom is -0.477 e. The quantitative estimate of drug-likeness (QED) is 0.554. The molecule has 0 aromatic carbocycles. The van der Waals surface area contributed by atoms with Gasteiger partial charge in [-0.05, 0) is 18.8 Å². The predicted molar refractivity (Wildman–Crippen MR) is 119 cm³/mol. The van der Waals surface area contributed by atoms with Gasteiger partial charge < -0.3 is 15.2 Å². The smallest absolute Gasteiger partial charge is 0.341 e. The number of allylic oxidation sites excluding steroid dienone is 4. The Hall–Kier alpha value is -0.640. The molecule has 0 bridgehead atoms. The molecule has 2 N–H and O–H groups in total. The molecule has 1 fully saturated rings. The molecular weight excluding hydrogens is 455 g/mol. The third kappa shape index (κ3) is 7.22. The molecule has 29 heavy (non-hydrogen) atoms. The predicted octanol–water partition coefficient (Wildman–Crippen LogP) is 3.23. The van der Waals surface area contributed by atoms with Crippen molar-refractivity contribution in [3.63, 3.8) is 0 Å². The second-order valence-electron chi connectivity index (χ2n) is 7.09. The Morgan fingerprint density at radius 3 is 2.86 bits per heavy atom. The summed E-state index contributed by atoms with van der Waals surface area (Å²) in [4.78, 5) is 25.8. The van der Waals surface area contributed by atoms with E-state index < -0.39 is 5.97 Å². The Morgan fingerprint density at radius 1 is 1.31 bits per heavy atom. The zero-order chi connectivity index (χ0) is 20.8. The Kier molecular flexibility index (Phi) is 8.83. The Bertz CT molecular complexity index is 729. The molecule has 0 aromatic rings. The van der Waals surface area contributed by atoms with Crippen LogP contribution in [0, 0.1) is 5.92 Å². The topological polar surface area (TPSA) is 78.9 Å². The summed E-state index contributed by atoms with van der Waals surface area (Å²) in [5, 5.41) is 13.1. The number of hydrogen-bond acceptors (Lipinski definition) is 6. The number of carbonyl (C=O) groups excluding carboxylic acids is 1. The van der Waals surface area contributed by atoms with Crippen molar-refractivity contribution < 1.29 is 19.4 Å². The van der Waals surface area contributed by atoms with Crippen LogP contribution >= 0.6 is 46.7 Å². The van der Waals surface area contributed by atoms with Crippen molar-refractivity contribution in [1.29, 1.82) is 0 Å². The normalized spacial score (nSPS) is 27.8. The zero-order valence-electron chi connectivity index (χ0n) is 15.8. The lowest BCUT2D eigenvalue weighted by molar-refractivity contribution is -0.131. The molecular formula is C19H24Cl2N2O4S2. The third-order valence-corrected chi connectivity index (χ3v) is 8.34. The van der Waals surface area contributed by atoms with Gasteiger partial charge in [0.25, 0.3) is 0 Å². The molecule has 3 rings (SSSR count). The third-order valence-electron chi connectivity index (χ3n) is 4.82. The van der Waals surface area contributed by atoms with Gasteiger partial charge >= 0.3 is 5.97 Å². The molecule has 0 spiro atoms. The molecule has 0 radical (unpaired) electrons. The van der Waals surface area contributed by atoms with E-state index in [9.17, 15) is 9.59 Å². The summed E-state index contributed by atoms with van der Waals surface area (Å²) in [6.07, 6.45) is 7.20. The monoisotopic (exact) mass is 478 g/mol. The second kappa shape index (κ2) is 11.1. The molecule has 1 amide bonds. The molecule has 2 aliphatic heterocycles. The SMILES string of the molecule is O=C(CSC1CC=C(C(=O)O)S1)NC[C@H]1CN(CC2C=C(Cl)C(Cl)=CC2)CCO1. The molecule has 0 aromatic heterocycles. The van der Waals surface area contributed by atoms with Crippen LogP contribution in [0.5, 0.6) is 0 Å². The van der Waals surface area contributed by atoms with Gasteiger partial charge in [-0.2, -0.15) is 0 Å². The van der Waals surface area contributed by atoms with Gasteiger partial charge in [-0.15, -0.1) is 23.5 Å². The van der Waals surface area contributed by atoms with E-state index in [1.54, 1.807) is 6.08 Å². The van der Waals surface area contributed by atoms with Gasteiger partial charge in [0.05, 0.1) is 38.0 Å². The summed E-state index contributed by atoms with van der Waals surface area (Å²) < 4.78 is 5.88. The van der Waals surface area contributed by atoms with Crippen LogP contribution in [0.25, 0.3) is 0 Å². The van der Waals surface area contributed by atoms with Gasteiger partial charge in [-0.25, -0.2) is 4.79 Å². The first-order valence-corrected chi connectivity index (χ1v) is 12.1. The van der Waals surface area contributed by atoms with Crippen LogP contribution in [-0.2, 0) is 14.3 Å². The van der Waals surface area contributed by atoms with Crippen LogP contribution in [0.2, 0.25) is 0 Å². The van der Waals surface area contributed by atoms with E-state index in [4.69, 9.17) is 33.0 Å². The fourth-order valence-electron chi connectivity index (χ4n) is 3.36. The van der Waals surface area contributed by atoms with E-state index in [1.165, 1.54) is 23.5 Å². The van der Waals surface area contributed by atoms with E-state index in [1.807, 2.05) is 12.2 Å². The molecule has 160 valence electrons. The number of nitrogens with one attached hydrogen (secondary N) is 1. The van der Waals surface area contributed by atoms with E-state index in [0.29, 0.717) is 46.2 Å². The number of nitrogens with zero attached hydrogens (tertiary/aromatic N) is 1. The summed E-state index contributed by atoms with van der Waals surface area (Å²) in [6.45, 7) is 3.62. The van der Waals surface area contributed by atoms with Crippen LogP contribution in [0.4, 0.5) is 0 Å². The first kappa shape index (κ1) is 23.0. The first-order valence-electron chi connectivity index (χ1n) is 9.46. The van der Waals surface area contributed by atoms with Crippen molar-refractivity contribution >= 4 is 58.6 Å². The standard InChI is InChI=1S/C19H24Cl2N2O4S2/c20-14-2-1-12(7-15(14)21)9-23-5-6-27-13(10-23)8-22-17(24)11-28-18-4-3-16(29-18)19(25)26/h2-3,7,12-13,18H,1,4-6,8-11H2,(H,22,24)(H,25,26)/t12?,13-,18?/m0/s1. The van der Waals surface area contributed by atoms with Crippen molar-refractivity contribution in [3.8, 4) is 0 Å². The lowest BCUT2D eigenvalue weighted by atomic mass is 9.99. The molecule has 10 heteroatoms. The largest absolute Gasteiger partial charge is 0.477 e. The van der Waals surface area contributed by atoms with Crippen LogP contribution in [-0.4, -0.2) is 71.1 Å². The second-order valence-corrected chi connectivity index (χ2v) is 10.6. The summed E-state index contributed by atoms with van der Waals surface area (Å²) in [5.41, 5.74) is 0. The number of hydrogen-bond donors (Lipinski definition) is 2. The highest BCUT2D eigenvalue weighted by atomic mass is 35.5. The number of aliphatic carboxylic acids is 1. The number of morpholine rings is 1. The first-order chi connectivity index (χ1) is 13.9. The van der Waals surface area contributed by atoms with Gasteiger partial charge in [-0.3, -0.25) is 9.69 Å². The number of carbonyl (C=O) groups is 2. The molecule has 1 saturated heterocycles. The number of carboxylic acid groups (broad SMARTS) is 1. The van der Waals surface area contributed by atoms with Gasteiger partial charge in [0.1, 0.15) is 0 Å². The van der Waals surface area contributed by atoms with E-state index >= 15 is 0 Å². The van der Waals surface area contributed by atoms with E-state index in [2.05, 4.69) is 10.2 Å². The molecule has 6 nitrogen and oxygen atoms in total. The Balaban J connectivity index is 1.33. The number of carboxylic acids is 1. The van der Waals surface area contributed by atoms with E-state index in [0.717, 1.165) is 26.1 Å². The fraction of sp³-hybridized carbons (Fsp3) is 0.579. The van der Waals surface area contributed by atoms with Crippen LogP contribution in [0.3, 0.4) is 0 Å². The van der Waals surface area contributed by atoms with Crippen LogP contribution in [0.1, 0.15) is 12.8 Å². The number of halogens is 2. The van der Waals surface area contributed by atoms with Gasteiger partial charge in [0.2, 0.25) is 5.91 Å². The Labute approximate surface area is 189 Å². The molecule has 2 unspecified atom stereocenters. The van der Waals surface area contributed by atoms with Crippen molar-refractivity contribution in [1.82, 2.24) is 10.2 Å². The van der Waals surface area contributed by atoms with Crippen molar-refractivity contribution in [3.05, 3.63) is 33.2 Å². The lowest BCUT2D eigenvalue weighted by Crippen LogP contribution is -2.48. The maximum absolute atomic E-state index is 12.1. The maximum atomic E-state index is 12.1. The van der Waals surface area contributed by atoms with Crippen molar-refractivity contribution in [2.24, 2.45) is 5.92 Å². The maximum Gasteiger partial charge on any atom is 0.341 e. The van der Waals surface area contributed by atoms with Crippen molar-refractivity contribution in [2.45, 2.75) is 23.5 Å². The average molecular weight is 479 g/mol.